The van der Waals surface area contributed by atoms with Crippen molar-refractivity contribution in [3.8, 4) is 11.1 Å². The predicted molar refractivity (Wildman–Crippen MR) is 116 cm³/mol. The van der Waals surface area contributed by atoms with E-state index in [2.05, 4.69) is 0 Å². The van der Waals surface area contributed by atoms with Gasteiger partial charge >= 0.3 is 11.9 Å². The molecule has 2 aromatic carbocycles. The van der Waals surface area contributed by atoms with Crippen molar-refractivity contribution >= 4 is 52.2 Å². The van der Waals surface area contributed by atoms with Crippen LogP contribution in [0.25, 0.3) is 17.2 Å². The molecule has 29 heavy (non-hydrogen) atoms. The van der Waals surface area contributed by atoms with Crippen LogP contribution in [0.5, 0.6) is 0 Å². The highest BCUT2D eigenvalue weighted by atomic mass is 32.2. The fourth-order valence-electron chi connectivity index (χ4n) is 2.90. The smallest absolute Gasteiger partial charge is 0.335 e. The van der Waals surface area contributed by atoms with Gasteiger partial charge in [-0.1, -0.05) is 60.4 Å². The Bertz CT molecular complexity index is 1010. The largest absolute Gasteiger partial charge is 0.481 e. The Morgan fingerprint density at radius 2 is 1.76 bits per heavy atom. The summed E-state index contributed by atoms with van der Waals surface area (Å²) in [7, 11) is 0. The molecule has 1 aliphatic heterocycles. The normalized spacial score (nSPS) is 15.2. The minimum absolute atomic E-state index is 0.0225. The van der Waals surface area contributed by atoms with E-state index >= 15 is 0 Å². The number of carboxylic acids is 2. The number of rotatable bonds is 7. The number of nitrogens with zero attached hydrogens (tertiary/aromatic N) is 1. The lowest BCUT2D eigenvalue weighted by Crippen LogP contribution is -2.29. The number of aromatic carboxylic acids is 1. The number of carbonyl (C=O) groups excluding carboxylic acids is 1. The molecule has 1 saturated heterocycles. The van der Waals surface area contributed by atoms with Gasteiger partial charge in [-0.25, -0.2) is 4.79 Å². The summed E-state index contributed by atoms with van der Waals surface area (Å²) in [5.41, 5.74) is 2.70. The number of thiocarbonyl (C=S) groups is 1. The molecule has 148 valence electrons. The van der Waals surface area contributed by atoms with E-state index in [0.29, 0.717) is 15.6 Å². The zero-order chi connectivity index (χ0) is 21.0. The van der Waals surface area contributed by atoms with Crippen LogP contribution in [-0.4, -0.2) is 43.8 Å². The van der Waals surface area contributed by atoms with Crippen LogP contribution in [0.3, 0.4) is 0 Å². The zero-order valence-electron chi connectivity index (χ0n) is 15.2. The van der Waals surface area contributed by atoms with Gasteiger partial charge in [0.15, 0.2) is 0 Å². The van der Waals surface area contributed by atoms with Gasteiger partial charge in [0.25, 0.3) is 5.91 Å². The van der Waals surface area contributed by atoms with Crippen molar-refractivity contribution in [1.29, 1.82) is 0 Å². The van der Waals surface area contributed by atoms with Gasteiger partial charge < -0.3 is 10.2 Å². The summed E-state index contributed by atoms with van der Waals surface area (Å²) in [5.74, 6) is -2.13. The van der Waals surface area contributed by atoms with Gasteiger partial charge in [0.1, 0.15) is 4.32 Å². The van der Waals surface area contributed by atoms with E-state index in [9.17, 15) is 14.4 Å². The lowest BCUT2D eigenvalue weighted by Gasteiger charge is -2.13. The first kappa shape index (κ1) is 20.8. The summed E-state index contributed by atoms with van der Waals surface area (Å²) in [4.78, 5) is 36.3. The Balaban J connectivity index is 1.85. The Kier molecular flexibility index (Phi) is 6.46. The summed E-state index contributed by atoms with van der Waals surface area (Å²) in [6, 6.07) is 14.0. The molecule has 0 aromatic heterocycles. The Hall–Kier alpha value is -2.97. The number of hydrogen-bond donors (Lipinski definition) is 2. The van der Waals surface area contributed by atoms with Gasteiger partial charge in [-0.3, -0.25) is 14.5 Å². The van der Waals surface area contributed by atoms with E-state index in [4.69, 9.17) is 22.4 Å². The molecule has 8 heteroatoms. The molecule has 1 amide bonds. The first-order chi connectivity index (χ1) is 13.9. The fourth-order valence-corrected chi connectivity index (χ4v) is 4.20. The van der Waals surface area contributed by atoms with Crippen LogP contribution in [-0.2, 0) is 9.59 Å². The molecule has 1 aliphatic rings. The van der Waals surface area contributed by atoms with Crippen LogP contribution >= 0.6 is 24.0 Å². The maximum absolute atomic E-state index is 12.7. The molecule has 1 heterocycles. The van der Waals surface area contributed by atoms with E-state index in [1.54, 1.807) is 18.2 Å². The molecule has 3 rings (SSSR count). The number of aliphatic carboxylic acids is 1. The van der Waals surface area contributed by atoms with Crippen LogP contribution in [0.15, 0.2) is 53.4 Å². The van der Waals surface area contributed by atoms with Gasteiger partial charge in [0, 0.05) is 13.0 Å². The van der Waals surface area contributed by atoms with Crippen LogP contribution in [0.1, 0.15) is 28.8 Å². The van der Waals surface area contributed by atoms with Gasteiger partial charge in [-0.2, -0.15) is 0 Å². The number of carbonyl (C=O) groups is 3. The van der Waals surface area contributed by atoms with Gasteiger partial charge in [-0.15, -0.1) is 0 Å². The van der Waals surface area contributed by atoms with Crippen LogP contribution < -0.4 is 0 Å². The van der Waals surface area contributed by atoms with Gasteiger partial charge in [-0.05, 0) is 41.3 Å². The highest BCUT2D eigenvalue weighted by Gasteiger charge is 2.31. The van der Waals surface area contributed by atoms with Crippen LogP contribution in [0.4, 0.5) is 0 Å². The van der Waals surface area contributed by atoms with Gasteiger partial charge in [0.05, 0.1) is 10.5 Å². The molecule has 6 nitrogen and oxygen atoms in total. The highest BCUT2D eigenvalue weighted by Crippen LogP contribution is 2.35. The van der Waals surface area contributed by atoms with Crippen molar-refractivity contribution in [1.82, 2.24) is 4.90 Å². The number of hydrogen-bond acceptors (Lipinski definition) is 5. The standard InChI is InChI=1S/C21H17NO5S2/c23-18(24)6-3-11-22-19(25)17(29-21(22)28)12-15-4-1-2-5-16(15)13-7-9-14(10-8-13)20(26)27/h1-2,4-5,7-10,12H,3,6,11H2,(H,23,24)(H,26,27). The second kappa shape index (κ2) is 9.02. The SMILES string of the molecule is O=C(O)CCCN1C(=O)C(=Cc2ccccc2-c2ccc(C(=O)O)cc2)SC1=S. The highest BCUT2D eigenvalue weighted by molar-refractivity contribution is 8.26. The molecule has 0 atom stereocenters. The van der Waals surface area contributed by atoms with Crippen molar-refractivity contribution in [2.45, 2.75) is 12.8 Å². The minimum Gasteiger partial charge on any atom is -0.481 e. The van der Waals surface area contributed by atoms with E-state index in [0.717, 1.165) is 16.7 Å². The zero-order valence-corrected chi connectivity index (χ0v) is 16.8. The summed E-state index contributed by atoms with van der Waals surface area (Å²) in [6.07, 6.45) is 2.07. The van der Waals surface area contributed by atoms with Crippen molar-refractivity contribution < 1.29 is 24.6 Å². The monoisotopic (exact) mass is 427 g/mol. The predicted octanol–water partition coefficient (Wildman–Crippen LogP) is 4.12. The summed E-state index contributed by atoms with van der Waals surface area (Å²) >= 11 is 6.47. The first-order valence-electron chi connectivity index (χ1n) is 8.77. The molecule has 0 bridgehead atoms. The lowest BCUT2D eigenvalue weighted by atomic mass is 9.98. The number of benzene rings is 2. The topological polar surface area (TPSA) is 94.9 Å². The van der Waals surface area contributed by atoms with E-state index in [1.165, 1.54) is 28.8 Å². The summed E-state index contributed by atoms with van der Waals surface area (Å²) in [6.45, 7) is 0.270. The fraction of sp³-hybridized carbons (Fsp3) is 0.143. The molecular formula is C21H17NO5S2. The minimum atomic E-state index is -0.989. The average molecular weight is 428 g/mol. The number of amides is 1. The van der Waals surface area contributed by atoms with Crippen molar-refractivity contribution in [3.05, 3.63) is 64.6 Å². The van der Waals surface area contributed by atoms with Crippen molar-refractivity contribution in [2.24, 2.45) is 0 Å². The molecule has 0 radical (unpaired) electrons. The quantitative estimate of drug-likeness (QED) is 0.507. The molecule has 0 unspecified atom stereocenters. The van der Waals surface area contributed by atoms with E-state index in [-0.39, 0.29) is 24.4 Å². The number of carboxylic acid groups (broad SMARTS) is 2. The molecule has 1 fully saturated rings. The van der Waals surface area contributed by atoms with Gasteiger partial charge in [0.2, 0.25) is 0 Å². The first-order valence-corrected chi connectivity index (χ1v) is 9.99. The molecular weight excluding hydrogens is 410 g/mol. The maximum atomic E-state index is 12.7. The van der Waals surface area contributed by atoms with Crippen LogP contribution in [0.2, 0.25) is 0 Å². The third-order valence-electron chi connectivity index (χ3n) is 4.34. The molecule has 2 aromatic rings. The summed E-state index contributed by atoms with van der Waals surface area (Å²) in [5, 5.41) is 17.8. The second-order valence-electron chi connectivity index (χ2n) is 6.30. The third-order valence-corrected chi connectivity index (χ3v) is 5.71. The Morgan fingerprint density at radius 1 is 1.07 bits per heavy atom. The summed E-state index contributed by atoms with van der Waals surface area (Å²) < 4.78 is 0.412. The van der Waals surface area contributed by atoms with E-state index in [1.807, 2.05) is 24.3 Å². The van der Waals surface area contributed by atoms with E-state index < -0.39 is 11.9 Å². The average Bonchev–Trinajstić information content (AvgIpc) is 2.95. The number of thioether (sulfide) groups is 1. The Morgan fingerprint density at radius 3 is 2.41 bits per heavy atom. The molecule has 0 spiro atoms. The van der Waals surface area contributed by atoms with Crippen molar-refractivity contribution in [3.63, 3.8) is 0 Å². The second-order valence-corrected chi connectivity index (χ2v) is 7.98. The Labute approximate surface area is 176 Å². The molecule has 0 saturated carbocycles. The third kappa shape index (κ3) is 4.90. The maximum Gasteiger partial charge on any atom is 0.335 e. The van der Waals surface area contributed by atoms with Crippen molar-refractivity contribution in [2.75, 3.05) is 6.54 Å². The molecule has 0 aliphatic carbocycles. The lowest BCUT2D eigenvalue weighted by molar-refractivity contribution is -0.137. The molecule has 2 N–H and O–H groups in total. The van der Waals surface area contributed by atoms with Crippen LogP contribution in [0, 0.1) is 0 Å².